The number of rotatable bonds is 6. The third-order valence-corrected chi connectivity index (χ3v) is 4.63. The van der Waals surface area contributed by atoms with Crippen LogP contribution in [0.5, 0.6) is 0 Å². The smallest absolute Gasteiger partial charge is 0.323 e. The van der Waals surface area contributed by atoms with Gasteiger partial charge in [0.1, 0.15) is 24.3 Å². The Morgan fingerprint density at radius 2 is 1.43 bits per heavy atom. The van der Waals surface area contributed by atoms with E-state index < -0.39 is 17.7 Å². The highest BCUT2D eigenvalue weighted by atomic mass is 16.6. The van der Waals surface area contributed by atoms with Gasteiger partial charge in [0.05, 0.1) is 0 Å². The van der Waals surface area contributed by atoms with E-state index in [1.165, 1.54) is 0 Å². The predicted octanol–water partition coefficient (Wildman–Crippen LogP) is 3.71. The molecular formula is C23H27NO4. The normalized spacial score (nSPS) is 19.5. The Bertz CT molecular complexity index is 798. The molecular weight excluding hydrogens is 354 g/mol. The fourth-order valence-electron chi connectivity index (χ4n) is 3.23. The van der Waals surface area contributed by atoms with Gasteiger partial charge in [0.15, 0.2) is 0 Å². The zero-order valence-electron chi connectivity index (χ0n) is 16.6. The van der Waals surface area contributed by atoms with Crippen molar-refractivity contribution in [3.8, 4) is 0 Å². The molecule has 1 aliphatic heterocycles. The van der Waals surface area contributed by atoms with Gasteiger partial charge in [-0.1, -0.05) is 60.7 Å². The molecule has 148 valence electrons. The minimum atomic E-state index is -0.561. The van der Waals surface area contributed by atoms with Crippen molar-refractivity contribution in [3.63, 3.8) is 0 Å². The summed E-state index contributed by atoms with van der Waals surface area (Å²) in [5, 5.41) is 0. The lowest BCUT2D eigenvalue weighted by Crippen LogP contribution is -2.63. The molecule has 1 heterocycles. The van der Waals surface area contributed by atoms with Crippen molar-refractivity contribution in [1.29, 1.82) is 0 Å². The summed E-state index contributed by atoms with van der Waals surface area (Å²) in [5.74, 6) is -0.602. The molecule has 2 aromatic rings. The zero-order valence-corrected chi connectivity index (χ0v) is 16.6. The maximum atomic E-state index is 12.6. The van der Waals surface area contributed by atoms with Crippen LogP contribution in [0.2, 0.25) is 0 Å². The number of hydrogen-bond donors (Lipinski definition) is 0. The Morgan fingerprint density at radius 3 is 2.00 bits per heavy atom. The van der Waals surface area contributed by atoms with E-state index in [4.69, 9.17) is 9.47 Å². The lowest BCUT2D eigenvalue weighted by Gasteiger charge is -2.46. The van der Waals surface area contributed by atoms with Gasteiger partial charge in [-0.2, -0.15) is 0 Å². The van der Waals surface area contributed by atoms with E-state index in [9.17, 15) is 9.59 Å². The van der Waals surface area contributed by atoms with Gasteiger partial charge in [0, 0.05) is 6.54 Å². The van der Waals surface area contributed by atoms with Crippen LogP contribution >= 0.6 is 0 Å². The van der Waals surface area contributed by atoms with Gasteiger partial charge in [0.2, 0.25) is 0 Å². The molecule has 1 aliphatic rings. The summed E-state index contributed by atoms with van der Waals surface area (Å²) in [7, 11) is 0. The van der Waals surface area contributed by atoms with E-state index in [2.05, 4.69) is 0 Å². The van der Waals surface area contributed by atoms with Crippen LogP contribution in [0, 0.1) is 0 Å². The van der Waals surface area contributed by atoms with Crippen molar-refractivity contribution < 1.29 is 19.1 Å². The topological polar surface area (TPSA) is 55.8 Å². The highest BCUT2D eigenvalue weighted by Gasteiger charge is 2.48. The molecule has 2 aromatic carbocycles. The fourth-order valence-corrected chi connectivity index (χ4v) is 3.23. The molecule has 5 heteroatoms. The largest absolute Gasteiger partial charge is 0.460 e. The molecule has 2 atom stereocenters. The number of ether oxygens (including phenoxy) is 2. The van der Waals surface area contributed by atoms with Gasteiger partial charge in [0.25, 0.3) is 0 Å². The molecule has 1 fully saturated rings. The van der Waals surface area contributed by atoms with Crippen LogP contribution in [0.3, 0.4) is 0 Å². The monoisotopic (exact) mass is 381 g/mol. The molecule has 0 N–H and O–H groups in total. The van der Waals surface area contributed by atoms with Gasteiger partial charge in [-0.25, -0.2) is 0 Å². The highest BCUT2D eigenvalue weighted by molar-refractivity contribution is 5.84. The van der Waals surface area contributed by atoms with Crippen molar-refractivity contribution in [2.45, 2.75) is 58.0 Å². The average Bonchev–Trinajstić information content (AvgIpc) is 2.64. The van der Waals surface area contributed by atoms with Crippen LogP contribution in [-0.4, -0.2) is 34.5 Å². The van der Waals surface area contributed by atoms with Gasteiger partial charge < -0.3 is 9.47 Å². The maximum Gasteiger partial charge on any atom is 0.323 e. The molecule has 0 aliphatic carbocycles. The predicted molar refractivity (Wildman–Crippen MR) is 106 cm³/mol. The quantitative estimate of drug-likeness (QED) is 0.714. The molecule has 0 aromatic heterocycles. The second kappa shape index (κ2) is 8.57. The molecule has 0 bridgehead atoms. The second-order valence-electron chi connectivity index (χ2n) is 8.05. The number of esters is 2. The number of hydrogen-bond acceptors (Lipinski definition) is 5. The number of likely N-dealkylation sites (tertiary alicyclic amines) is 1. The summed E-state index contributed by atoms with van der Waals surface area (Å²) in [5.41, 5.74) is 1.42. The lowest BCUT2D eigenvalue weighted by molar-refractivity contribution is -0.178. The molecule has 0 radical (unpaired) electrons. The molecule has 1 saturated heterocycles. The molecule has 0 spiro atoms. The molecule has 3 rings (SSSR count). The molecule has 0 amide bonds. The first-order valence-electron chi connectivity index (χ1n) is 9.56. The fraction of sp³-hybridized carbons (Fsp3) is 0.391. The Balaban J connectivity index is 1.67. The zero-order chi connectivity index (χ0) is 20.1. The standard InChI is InChI=1S/C23H27NO4/c1-23(2,3)28-22(26)20-14-19(24(20)15-17-10-6-4-7-11-17)21(25)27-16-18-12-8-5-9-13-18/h4-13,19-20H,14-16H2,1-3H3/t19-,20+/m1/s1. The van der Waals surface area contributed by atoms with E-state index >= 15 is 0 Å². The summed E-state index contributed by atoms with van der Waals surface area (Å²) in [6.45, 7) is 6.26. The molecule has 28 heavy (non-hydrogen) atoms. The number of carbonyl (C=O) groups excluding carboxylic acids is 2. The maximum absolute atomic E-state index is 12.6. The lowest BCUT2D eigenvalue weighted by atomic mass is 9.91. The van der Waals surface area contributed by atoms with Gasteiger partial charge in [-0.3, -0.25) is 14.5 Å². The summed E-state index contributed by atoms with van der Waals surface area (Å²) >= 11 is 0. The third-order valence-electron chi connectivity index (χ3n) is 4.63. The van der Waals surface area contributed by atoms with Crippen molar-refractivity contribution in [3.05, 3.63) is 71.8 Å². The van der Waals surface area contributed by atoms with E-state index in [-0.39, 0.29) is 18.5 Å². The Morgan fingerprint density at radius 1 is 0.893 bits per heavy atom. The van der Waals surface area contributed by atoms with Gasteiger partial charge >= 0.3 is 11.9 Å². The summed E-state index contributed by atoms with van der Waals surface area (Å²) < 4.78 is 11.0. The van der Waals surface area contributed by atoms with Crippen LogP contribution in [0.1, 0.15) is 38.3 Å². The van der Waals surface area contributed by atoms with E-state index in [1.807, 2.05) is 86.3 Å². The Hall–Kier alpha value is -2.66. The van der Waals surface area contributed by atoms with Crippen molar-refractivity contribution >= 4 is 11.9 Å². The van der Waals surface area contributed by atoms with E-state index in [0.29, 0.717) is 13.0 Å². The van der Waals surface area contributed by atoms with Gasteiger partial charge in [-0.05, 0) is 38.3 Å². The SMILES string of the molecule is CC(C)(C)OC(=O)[C@@H]1C[C@H](C(=O)OCc2ccccc2)N1Cc1ccccc1. The van der Waals surface area contributed by atoms with E-state index in [0.717, 1.165) is 11.1 Å². The van der Waals surface area contributed by atoms with Crippen molar-refractivity contribution in [1.82, 2.24) is 4.90 Å². The highest BCUT2D eigenvalue weighted by Crippen LogP contribution is 2.31. The van der Waals surface area contributed by atoms with Crippen LogP contribution in [0.4, 0.5) is 0 Å². The Labute approximate surface area is 166 Å². The first kappa shape index (κ1) is 20.1. The number of carbonyl (C=O) groups is 2. The van der Waals surface area contributed by atoms with Crippen molar-refractivity contribution in [2.24, 2.45) is 0 Å². The average molecular weight is 381 g/mol. The Kier molecular flexibility index (Phi) is 6.15. The van der Waals surface area contributed by atoms with Gasteiger partial charge in [-0.15, -0.1) is 0 Å². The number of nitrogens with zero attached hydrogens (tertiary/aromatic N) is 1. The number of benzene rings is 2. The van der Waals surface area contributed by atoms with Crippen LogP contribution < -0.4 is 0 Å². The third kappa shape index (κ3) is 5.20. The summed E-state index contributed by atoms with van der Waals surface area (Å²) in [6.07, 6.45) is 0.412. The molecule has 0 unspecified atom stereocenters. The van der Waals surface area contributed by atoms with Crippen LogP contribution in [0.15, 0.2) is 60.7 Å². The molecule has 0 saturated carbocycles. The molecule has 5 nitrogen and oxygen atoms in total. The van der Waals surface area contributed by atoms with Crippen molar-refractivity contribution in [2.75, 3.05) is 0 Å². The summed E-state index contributed by atoms with van der Waals surface area (Å²) in [4.78, 5) is 27.1. The minimum absolute atomic E-state index is 0.229. The van der Waals surface area contributed by atoms with Crippen LogP contribution in [0.25, 0.3) is 0 Å². The minimum Gasteiger partial charge on any atom is -0.460 e. The first-order chi connectivity index (χ1) is 13.3. The summed E-state index contributed by atoms with van der Waals surface area (Å²) in [6, 6.07) is 18.5. The second-order valence-corrected chi connectivity index (χ2v) is 8.05. The van der Waals surface area contributed by atoms with E-state index in [1.54, 1.807) is 0 Å². The van der Waals surface area contributed by atoms with Crippen LogP contribution in [-0.2, 0) is 32.2 Å². The first-order valence-corrected chi connectivity index (χ1v) is 9.56.